The third-order valence-electron chi connectivity index (χ3n) is 5.16. The number of oxazole rings is 1. The minimum atomic E-state index is -0.479. The van der Waals surface area contributed by atoms with Gasteiger partial charge in [-0.25, -0.2) is 4.79 Å². The van der Waals surface area contributed by atoms with Crippen molar-refractivity contribution in [3.63, 3.8) is 0 Å². The Morgan fingerprint density at radius 1 is 1.24 bits per heavy atom. The Hall–Kier alpha value is -2.53. The fourth-order valence-electron chi connectivity index (χ4n) is 3.44. The Morgan fingerprint density at radius 3 is 2.62 bits per heavy atom. The molecule has 0 aliphatic carbocycles. The van der Waals surface area contributed by atoms with Gasteiger partial charge in [-0.1, -0.05) is 37.3 Å². The second kappa shape index (κ2) is 8.07. The van der Waals surface area contributed by atoms with Crippen LogP contribution >= 0.6 is 11.8 Å². The molecule has 1 aliphatic heterocycles. The number of rotatable bonds is 8. The van der Waals surface area contributed by atoms with E-state index in [-0.39, 0.29) is 11.1 Å². The number of nitrogens with two attached hydrogens (primary N) is 1. The molecule has 2 N–H and O–H groups in total. The molecule has 2 aromatic carbocycles. The van der Waals surface area contributed by atoms with Crippen LogP contribution in [0.2, 0.25) is 0 Å². The summed E-state index contributed by atoms with van der Waals surface area (Å²) < 4.78 is 12.0. The summed E-state index contributed by atoms with van der Waals surface area (Å²) in [6.45, 7) is 3.66. The van der Waals surface area contributed by atoms with E-state index in [9.17, 15) is 10.1 Å². The number of benzene rings is 2. The number of nitriles is 1. The third-order valence-corrected chi connectivity index (χ3v) is 6.47. The normalized spacial score (nSPS) is 20.7. The molecule has 1 aliphatic rings. The first-order chi connectivity index (χ1) is 14.1. The fraction of sp³-hybridized carbons (Fsp3) is 0.364. The Labute approximate surface area is 173 Å². The summed E-state index contributed by atoms with van der Waals surface area (Å²) in [4.78, 5) is 12.2. The smallest absolute Gasteiger partial charge is 0.408 e. The van der Waals surface area contributed by atoms with Crippen molar-refractivity contribution in [3.05, 3.63) is 58.6 Å². The number of nitrogens with zero attached hydrogens (tertiary/aromatic N) is 2. The predicted octanol–water partition coefficient (Wildman–Crippen LogP) is 3.52. The molecule has 0 amide bonds. The SMILES string of the molecule is CCCOCCn1c(=O)oc2ccc(-c3ccc(C[C@@]4(C#N)SC4N)cc3)cc21. The number of ether oxygens (including phenoxy) is 1. The highest BCUT2D eigenvalue weighted by molar-refractivity contribution is 8.09. The van der Waals surface area contributed by atoms with Crippen LogP contribution < -0.4 is 11.5 Å². The molecule has 7 heteroatoms. The maximum absolute atomic E-state index is 12.2. The molecule has 150 valence electrons. The molecule has 2 heterocycles. The number of hydrogen-bond acceptors (Lipinski definition) is 6. The first-order valence-electron chi connectivity index (χ1n) is 9.71. The molecule has 0 bridgehead atoms. The maximum Gasteiger partial charge on any atom is 0.420 e. The quantitative estimate of drug-likeness (QED) is 0.452. The van der Waals surface area contributed by atoms with Crippen molar-refractivity contribution >= 4 is 22.9 Å². The van der Waals surface area contributed by atoms with Gasteiger partial charge in [0, 0.05) is 13.0 Å². The Kier molecular flexibility index (Phi) is 5.50. The summed E-state index contributed by atoms with van der Waals surface area (Å²) in [5, 5.41) is 9.24. The molecule has 1 aromatic heterocycles. The van der Waals surface area contributed by atoms with Crippen LogP contribution in [0, 0.1) is 11.3 Å². The lowest BCUT2D eigenvalue weighted by Gasteiger charge is -2.08. The monoisotopic (exact) mass is 409 g/mol. The van der Waals surface area contributed by atoms with Crippen molar-refractivity contribution in [1.29, 1.82) is 5.26 Å². The van der Waals surface area contributed by atoms with Gasteiger partial charge >= 0.3 is 5.76 Å². The second-order valence-corrected chi connectivity index (χ2v) is 8.70. The van der Waals surface area contributed by atoms with Gasteiger partial charge in [0.2, 0.25) is 0 Å². The average Bonchev–Trinajstić information content (AvgIpc) is 3.26. The van der Waals surface area contributed by atoms with E-state index in [2.05, 4.69) is 13.0 Å². The first-order valence-corrected chi connectivity index (χ1v) is 10.6. The Bertz CT molecular complexity index is 1110. The van der Waals surface area contributed by atoms with Crippen LogP contribution in [0.3, 0.4) is 0 Å². The maximum atomic E-state index is 12.2. The zero-order chi connectivity index (χ0) is 20.4. The van der Waals surface area contributed by atoms with Crippen molar-refractivity contribution < 1.29 is 9.15 Å². The summed E-state index contributed by atoms with van der Waals surface area (Å²) in [5.41, 5.74) is 10.4. The molecule has 0 spiro atoms. The van der Waals surface area contributed by atoms with E-state index < -0.39 is 4.75 Å². The third kappa shape index (κ3) is 3.97. The number of aromatic nitrogens is 1. The number of thioether (sulfide) groups is 1. The van der Waals surface area contributed by atoms with Crippen molar-refractivity contribution in [2.75, 3.05) is 13.2 Å². The van der Waals surface area contributed by atoms with Crippen molar-refractivity contribution in [1.82, 2.24) is 4.57 Å². The minimum Gasteiger partial charge on any atom is -0.408 e. The molecule has 4 rings (SSSR count). The fourth-order valence-corrected chi connectivity index (χ4v) is 4.26. The van der Waals surface area contributed by atoms with E-state index in [1.54, 1.807) is 4.57 Å². The number of hydrogen-bond donors (Lipinski definition) is 1. The predicted molar refractivity (Wildman–Crippen MR) is 115 cm³/mol. The van der Waals surface area contributed by atoms with E-state index in [0.29, 0.717) is 31.8 Å². The summed E-state index contributed by atoms with van der Waals surface area (Å²) in [6, 6.07) is 16.2. The summed E-state index contributed by atoms with van der Waals surface area (Å²) >= 11 is 1.51. The van der Waals surface area contributed by atoms with Crippen molar-refractivity contribution in [3.8, 4) is 17.2 Å². The minimum absolute atomic E-state index is 0.103. The van der Waals surface area contributed by atoms with Crippen LogP contribution in [0.5, 0.6) is 0 Å². The Balaban J connectivity index is 1.56. The molecule has 0 saturated carbocycles. The molecular weight excluding hydrogens is 386 g/mol. The van der Waals surface area contributed by atoms with E-state index in [1.807, 2.05) is 42.5 Å². The van der Waals surface area contributed by atoms with Gasteiger partial charge in [-0.3, -0.25) is 4.57 Å². The number of fused-ring (bicyclic) bond motifs is 1. The molecular formula is C22H23N3O3S. The second-order valence-electron chi connectivity index (χ2n) is 7.23. The molecule has 6 nitrogen and oxygen atoms in total. The van der Waals surface area contributed by atoms with Gasteiger partial charge < -0.3 is 14.9 Å². The first kappa shape index (κ1) is 19.8. The van der Waals surface area contributed by atoms with E-state index in [4.69, 9.17) is 14.9 Å². The summed E-state index contributed by atoms with van der Waals surface area (Å²) in [5.74, 6) is -0.368. The zero-order valence-electron chi connectivity index (χ0n) is 16.3. The van der Waals surface area contributed by atoms with Gasteiger partial charge in [0.05, 0.1) is 30.1 Å². The molecule has 0 radical (unpaired) electrons. The summed E-state index contributed by atoms with van der Waals surface area (Å²) in [6.07, 6.45) is 1.59. The van der Waals surface area contributed by atoms with Crippen molar-refractivity contribution in [2.24, 2.45) is 5.73 Å². The average molecular weight is 410 g/mol. The van der Waals surface area contributed by atoms with Crippen LogP contribution in [0.15, 0.2) is 51.7 Å². The van der Waals surface area contributed by atoms with E-state index >= 15 is 0 Å². The van der Waals surface area contributed by atoms with E-state index in [1.165, 1.54) is 11.8 Å². The lowest BCUT2D eigenvalue weighted by atomic mass is 9.97. The van der Waals surface area contributed by atoms with E-state index in [0.717, 1.165) is 28.6 Å². The molecule has 2 atom stereocenters. The van der Waals surface area contributed by atoms with Crippen LogP contribution in [0.25, 0.3) is 22.2 Å². The molecule has 29 heavy (non-hydrogen) atoms. The van der Waals surface area contributed by atoms with Gasteiger partial charge in [0.25, 0.3) is 0 Å². The molecule has 1 fully saturated rings. The highest BCUT2D eigenvalue weighted by Gasteiger charge is 2.54. The van der Waals surface area contributed by atoms with Gasteiger partial charge in [-0.05, 0) is 35.2 Å². The van der Waals surface area contributed by atoms with Gasteiger partial charge in [0.1, 0.15) is 4.75 Å². The van der Waals surface area contributed by atoms with Gasteiger partial charge in [0.15, 0.2) is 5.58 Å². The largest absolute Gasteiger partial charge is 0.420 e. The Morgan fingerprint density at radius 2 is 1.97 bits per heavy atom. The topological polar surface area (TPSA) is 94.2 Å². The standard InChI is InChI=1S/C22H23N3O3S/c1-2-10-27-11-9-25-18-12-17(7-8-19(18)28-21(25)26)16-5-3-15(4-6-16)13-22(14-23)20(24)29-22/h3-8,12,20H,2,9-11,13,24H2,1H3/t20?,22-/m0/s1. The molecule has 1 unspecified atom stereocenters. The van der Waals surface area contributed by atoms with Crippen molar-refractivity contribution in [2.45, 2.75) is 36.4 Å². The summed E-state index contributed by atoms with van der Waals surface area (Å²) in [7, 11) is 0. The van der Waals surface area contributed by atoms with Crippen LogP contribution in [0.1, 0.15) is 18.9 Å². The van der Waals surface area contributed by atoms with Crippen LogP contribution in [-0.4, -0.2) is 27.9 Å². The van der Waals surface area contributed by atoms with Gasteiger partial charge in [-0.15, -0.1) is 11.8 Å². The lowest BCUT2D eigenvalue weighted by Crippen LogP contribution is -2.21. The van der Waals surface area contributed by atoms with Crippen LogP contribution in [0.4, 0.5) is 0 Å². The molecule has 3 aromatic rings. The highest BCUT2D eigenvalue weighted by atomic mass is 32.2. The zero-order valence-corrected chi connectivity index (χ0v) is 17.1. The van der Waals surface area contributed by atoms with Crippen LogP contribution in [-0.2, 0) is 17.7 Å². The van der Waals surface area contributed by atoms with Gasteiger partial charge in [-0.2, -0.15) is 5.26 Å². The lowest BCUT2D eigenvalue weighted by molar-refractivity contribution is 0.126. The highest BCUT2D eigenvalue weighted by Crippen LogP contribution is 2.51. The molecule has 1 saturated heterocycles.